The van der Waals surface area contributed by atoms with Crippen LogP contribution >= 0.6 is 0 Å². The van der Waals surface area contributed by atoms with Gasteiger partial charge in [0.2, 0.25) is 0 Å². The van der Waals surface area contributed by atoms with Gasteiger partial charge in [0.15, 0.2) is 23.0 Å². The first-order valence-corrected chi connectivity index (χ1v) is 8.64. The van der Waals surface area contributed by atoms with Crippen molar-refractivity contribution < 1.29 is 47.7 Å². The number of benzene rings is 1. The van der Waals surface area contributed by atoms with Gasteiger partial charge in [-0.25, -0.2) is 9.59 Å². The number of rotatable bonds is 3. The van der Waals surface area contributed by atoms with Crippen LogP contribution in [-0.2, 0) is 33.4 Å². The molecular weight excluding hydrogens is 400 g/mol. The van der Waals surface area contributed by atoms with E-state index < -0.39 is 29.8 Å². The van der Waals surface area contributed by atoms with Gasteiger partial charge in [0.05, 0.1) is 5.57 Å². The molecule has 0 N–H and O–H groups in total. The summed E-state index contributed by atoms with van der Waals surface area (Å²) in [5.41, 5.74) is 0.0773. The van der Waals surface area contributed by atoms with Gasteiger partial charge in [-0.15, -0.1) is 0 Å². The highest BCUT2D eigenvalue weighted by atomic mass is 16.6. The molecule has 2 aliphatic heterocycles. The number of fused-ring (bicyclic) bond motifs is 1. The number of esters is 5. The number of cyclic esters (lactones) is 1. The fraction of sp³-hybridized carbons (Fsp3) is 0.250. The third-order valence-electron chi connectivity index (χ3n) is 4.11. The summed E-state index contributed by atoms with van der Waals surface area (Å²) in [5, 5.41) is 0. The van der Waals surface area contributed by atoms with Gasteiger partial charge >= 0.3 is 29.8 Å². The first-order valence-electron chi connectivity index (χ1n) is 8.64. The van der Waals surface area contributed by atoms with E-state index in [0.29, 0.717) is 0 Å². The van der Waals surface area contributed by atoms with Crippen LogP contribution in [0.25, 0.3) is 5.57 Å². The third kappa shape index (κ3) is 3.54. The number of carbonyl (C=O) groups excluding carboxylic acids is 5. The van der Waals surface area contributed by atoms with Crippen molar-refractivity contribution in [3.8, 4) is 17.2 Å². The van der Waals surface area contributed by atoms with Crippen LogP contribution in [0.2, 0.25) is 0 Å². The van der Waals surface area contributed by atoms with Gasteiger partial charge in [-0.3, -0.25) is 14.4 Å². The summed E-state index contributed by atoms with van der Waals surface area (Å²) in [5.74, 6) is -4.58. The van der Waals surface area contributed by atoms with Crippen molar-refractivity contribution in [3.05, 3.63) is 34.3 Å². The predicted molar refractivity (Wildman–Crippen MR) is 96.9 cm³/mol. The molecule has 0 spiro atoms. The first-order chi connectivity index (χ1) is 14.0. The molecule has 10 heteroatoms. The minimum atomic E-state index is -0.899. The summed E-state index contributed by atoms with van der Waals surface area (Å²) in [6.45, 7) is 6.28. The molecule has 0 saturated carbocycles. The minimum absolute atomic E-state index is 0.0115. The zero-order valence-corrected chi connectivity index (χ0v) is 16.7. The van der Waals surface area contributed by atoms with Crippen molar-refractivity contribution in [1.82, 2.24) is 0 Å². The molecule has 0 aromatic heterocycles. The number of hydrogen-bond acceptors (Lipinski definition) is 10. The van der Waals surface area contributed by atoms with Gasteiger partial charge in [0, 0.05) is 31.9 Å². The number of carbonyl (C=O) groups is 5. The molecule has 10 nitrogen and oxygen atoms in total. The molecule has 0 aliphatic carbocycles. The van der Waals surface area contributed by atoms with Crippen LogP contribution in [0.1, 0.15) is 38.8 Å². The Morgan fingerprint density at radius 1 is 0.833 bits per heavy atom. The van der Waals surface area contributed by atoms with Crippen molar-refractivity contribution in [1.29, 1.82) is 0 Å². The Morgan fingerprint density at radius 3 is 2.00 bits per heavy atom. The Bertz CT molecular complexity index is 1100. The normalized spacial score (nSPS) is 17.4. The van der Waals surface area contributed by atoms with Gasteiger partial charge in [-0.2, -0.15) is 0 Å². The second-order valence-electron chi connectivity index (χ2n) is 6.42. The summed E-state index contributed by atoms with van der Waals surface area (Å²) in [6, 6.07) is 1.24. The molecule has 0 atom stereocenters. The van der Waals surface area contributed by atoms with Crippen molar-refractivity contribution in [2.75, 3.05) is 0 Å². The Labute approximate surface area is 170 Å². The van der Waals surface area contributed by atoms with E-state index in [2.05, 4.69) is 0 Å². The molecule has 0 radical (unpaired) electrons. The summed E-state index contributed by atoms with van der Waals surface area (Å²) >= 11 is 0. The molecule has 3 rings (SSSR count). The first kappa shape index (κ1) is 20.8. The minimum Gasteiger partial charge on any atom is -0.423 e. The Balaban J connectivity index is 2.28. The average Bonchev–Trinajstić information content (AvgIpc) is 3.08. The van der Waals surface area contributed by atoms with Gasteiger partial charge in [-0.1, -0.05) is 0 Å². The maximum atomic E-state index is 12.6. The maximum Gasteiger partial charge on any atom is 0.348 e. The highest BCUT2D eigenvalue weighted by Gasteiger charge is 2.41. The lowest BCUT2D eigenvalue weighted by Crippen LogP contribution is -2.09. The number of ether oxygens (including phenoxy) is 5. The van der Waals surface area contributed by atoms with E-state index in [4.69, 9.17) is 23.7 Å². The molecule has 1 aromatic rings. The van der Waals surface area contributed by atoms with E-state index in [9.17, 15) is 24.0 Å². The van der Waals surface area contributed by atoms with Crippen LogP contribution in [0, 0.1) is 6.92 Å². The standard InChI is InChI=1S/C20H16O10/c1-7-15-12(6-13(26-9(3)21)16(7)27-10(4)22)14(20(25)29-15)18-17(28-11(5)23)8(2)19(24)30-18/h6H,1-5H3/b18-14+. The van der Waals surface area contributed by atoms with E-state index in [1.165, 1.54) is 19.9 Å². The predicted octanol–water partition coefficient (Wildman–Crippen LogP) is 1.87. The smallest absolute Gasteiger partial charge is 0.348 e. The number of hydrogen-bond donors (Lipinski definition) is 0. The van der Waals surface area contributed by atoms with Crippen LogP contribution in [-0.4, -0.2) is 29.8 Å². The topological polar surface area (TPSA) is 132 Å². The molecule has 0 unspecified atom stereocenters. The fourth-order valence-corrected chi connectivity index (χ4v) is 2.95. The van der Waals surface area contributed by atoms with E-state index in [-0.39, 0.29) is 51.0 Å². The largest absolute Gasteiger partial charge is 0.423 e. The molecule has 0 saturated heterocycles. The highest BCUT2D eigenvalue weighted by Crippen LogP contribution is 2.49. The molecule has 30 heavy (non-hydrogen) atoms. The average molecular weight is 416 g/mol. The van der Waals surface area contributed by atoms with E-state index in [0.717, 1.165) is 20.8 Å². The summed E-state index contributed by atoms with van der Waals surface area (Å²) in [4.78, 5) is 59.1. The Kier molecular flexibility index (Phi) is 5.17. The van der Waals surface area contributed by atoms with Crippen LogP contribution in [0.4, 0.5) is 0 Å². The monoisotopic (exact) mass is 416 g/mol. The summed E-state index contributed by atoms with van der Waals surface area (Å²) < 4.78 is 25.7. The van der Waals surface area contributed by atoms with Crippen LogP contribution in [0.3, 0.4) is 0 Å². The van der Waals surface area contributed by atoms with Crippen LogP contribution < -0.4 is 14.2 Å². The summed E-state index contributed by atoms with van der Waals surface area (Å²) in [7, 11) is 0. The zero-order valence-electron chi connectivity index (χ0n) is 16.7. The second kappa shape index (κ2) is 7.47. The lowest BCUT2D eigenvalue weighted by Gasteiger charge is -2.14. The molecule has 2 aliphatic rings. The fourth-order valence-electron chi connectivity index (χ4n) is 2.95. The third-order valence-corrected chi connectivity index (χ3v) is 4.11. The quantitative estimate of drug-likeness (QED) is 0.409. The van der Waals surface area contributed by atoms with Gasteiger partial charge in [-0.05, 0) is 19.9 Å². The molecule has 0 bridgehead atoms. The molecule has 1 aromatic carbocycles. The Hall–Kier alpha value is -3.95. The van der Waals surface area contributed by atoms with E-state index >= 15 is 0 Å². The van der Waals surface area contributed by atoms with Crippen molar-refractivity contribution in [3.63, 3.8) is 0 Å². The van der Waals surface area contributed by atoms with Crippen molar-refractivity contribution in [2.24, 2.45) is 0 Å². The van der Waals surface area contributed by atoms with Gasteiger partial charge in [0.1, 0.15) is 11.3 Å². The van der Waals surface area contributed by atoms with Gasteiger partial charge in [0.25, 0.3) is 0 Å². The molecule has 0 fully saturated rings. The van der Waals surface area contributed by atoms with Crippen LogP contribution in [0.15, 0.2) is 23.2 Å². The molecule has 0 amide bonds. The summed E-state index contributed by atoms with van der Waals surface area (Å²) in [6.07, 6.45) is 0. The maximum absolute atomic E-state index is 12.6. The molecule has 156 valence electrons. The SMILES string of the molecule is CC(=O)OC1=C(C)C(=O)O/C1=C1/C(=O)Oc2c1cc(OC(C)=O)c(OC(C)=O)c2C. The lowest BCUT2D eigenvalue weighted by molar-refractivity contribution is -0.137. The Morgan fingerprint density at radius 2 is 1.43 bits per heavy atom. The van der Waals surface area contributed by atoms with Crippen molar-refractivity contribution >= 4 is 35.4 Å². The van der Waals surface area contributed by atoms with E-state index in [1.54, 1.807) is 0 Å². The second-order valence-corrected chi connectivity index (χ2v) is 6.42. The molecule has 2 heterocycles. The highest BCUT2D eigenvalue weighted by molar-refractivity contribution is 6.24. The molecular formula is C20H16O10. The van der Waals surface area contributed by atoms with E-state index in [1.807, 2.05) is 0 Å². The zero-order chi connectivity index (χ0) is 22.3. The van der Waals surface area contributed by atoms with Crippen molar-refractivity contribution in [2.45, 2.75) is 34.6 Å². The van der Waals surface area contributed by atoms with Gasteiger partial charge < -0.3 is 23.7 Å². The lowest BCUT2D eigenvalue weighted by atomic mass is 10.0. The van der Waals surface area contributed by atoms with Crippen LogP contribution in [0.5, 0.6) is 17.2 Å².